The molecular weight excluding hydrogens is 196 g/mol. The van der Waals surface area contributed by atoms with Crippen molar-refractivity contribution < 1.29 is 0 Å². The van der Waals surface area contributed by atoms with Crippen molar-refractivity contribution in [2.45, 2.75) is 25.2 Å². The van der Waals surface area contributed by atoms with Gasteiger partial charge >= 0.3 is 0 Å². The zero-order valence-corrected chi connectivity index (χ0v) is 9.13. The first-order chi connectivity index (χ1) is 7.85. The van der Waals surface area contributed by atoms with E-state index in [-0.39, 0.29) is 17.8 Å². The molecule has 0 saturated heterocycles. The second kappa shape index (κ2) is 4.81. The lowest BCUT2D eigenvalue weighted by Gasteiger charge is -2.29. The molecule has 1 aliphatic carbocycles. The third-order valence-corrected chi connectivity index (χ3v) is 3.43. The molecule has 0 aromatic heterocycles. The van der Waals surface area contributed by atoms with E-state index in [4.69, 9.17) is 10.5 Å². The molecule has 1 fully saturated rings. The molecule has 0 heterocycles. The molecule has 16 heavy (non-hydrogen) atoms. The molecule has 3 unspecified atom stereocenters. The fourth-order valence-corrected chi connectivity index (χ4v) is 2.51. The first-order valence-corrected chi connectivity index (χ1v) is 5.69. The van der Waals surface area contributed by atoms with Gasteiger partial charge in [-0.05, 0) is 24.8 Å². The van der Waals surface area contributed by atoms with Crippen molar-refractivity contribution in [2.24, 2.45) is 11.8 Å². The van der Waals surface area contributed by atoms with E-state index in [1.165, 1.54) is 5.56 Å². The van der Waals surface area contributed by atoms with Gasteiger partial charge in [-0.25, -0.2) is 0 Å². The lowest BCUT2D eigenvalue weighted by Crippen LogP contribution is -2.21. The van der Waals surface area contributed by atoms with E-state index in [0.717, 1.165) is 19.3 Å². The van der Waals surface area contributed by atoms with E-state index in [1.54, 1.807) is 0 Å². The van der Waals surface area contributed by atoms with Gasteiger partial charge in [0.1, 0.15) is 0 Å². The summed E-state index contributed by atoms with van der Waals surface area (Å²) in [5, 5.41) is 18.1. The standard InChI is InChI=1S/C14H14N2/c15-9-11-6-7-13(10-16)14(8-11)12-4-2-1-3-5-12/h1-5,11,13-14H,6-8H2. The van der Waals surface area contributed by atoms with Crippen molar-refractivity contribution in [3.63, 3.8) is 0 Å². The van der Waals surface area contributed by atoms with Crippen LogP contribution in [0.2, 0.25) is 0 Å². The average Bonchev–Trinajstić information content (AvgIpc) is 2.39. The Morgan fingerprint density at radius 2 is 1.75 bits per heavy atom. The normalized spacial score (nSPS) is 29.0. The molecule has 0 N–H and O–H groups in total. The smallest absolute Gasteiger partial charge is 0.0662 e. The lowest BCUT2D eigenvalue weighted by molar-refractivity contribution is 0.320. The van der Waals surface area contributed by atoms with Crippen LogP contribution in [-0.4, -0.2) is 0 Å². The number of rotatable bonds is 1. The van der Waals surface area contributed by atoms with Crippen LogP contribution in [0.4, 0.5) is 0 Å². The van der Waals surface area contributed by atoms with Gasteiger partial charge in [0.2, 0.25) is 0 Å². The highest BCUT2D eigenvalue weighted by Crippen LogP contribution is 2.39. The van der Waals surface area contributed by atoms with Crippen molar-refractivity contribution in [2.75, 3.05) is 0 Å². The molecule has 0 amide bonds. The summed E-state index contributed by atoms with van der Waals surface area (Å²) in [6.07, 6.45) is 2.56. The minimum absolute atomic E-state index is 0.0759. The lowest BCUT2D eigenvalue weighted by atomic mass is 9.72. The van der Waals surface area contributed by atoms with Crippen molar-refractivity contribution in [1.29, 1.82) is 10.5 Å². The van der Waals surface area contributed by atoms with E-state index in [2.05, 4.69) is 24.3 Å². The van der Waals surface area contributed by atoms with Crippen LogP contribution in [0, 0.1) is 34.5 Å². The second-order valence-corrected chi connectivity index (χ2v) is 4.39. The monoisotopic (exact) mass is 210 g/mol. The number of nitrogens with zero attached hydrogens (tertiary/aromatic N) is 2. The Hall–Kier alpha value is -1.80. The van der Waals surface area contributed by atoms with Gasteiger partial charge in [-0.3, -0.25) is 0 Å². The van der Waals surface area contributed by atoms with E-state index >= 15 is 0 Å². The Bertz CT molecular complexity index is 424. The molecule has 2 rings (SSSR count). The predicted octanol–water partition coefficient (Wildman–Crippen LogP) is 3.23. The van der Waals surface area contributed by atoms with Crippen LogP contribution in [0.15, 0.2) is 30.3 Å². The van der Waals surface area contributed by atoms with Crippen LogP contribution in [0.1, 0.15) is 30.7 Å². The quantitative estimate of drug-likeness (QED) is 0.714. The van der Waals surface area contributed by atoms with Gasteiger partial charge in [0.15, 0.2) is 0 Å². The van der Waals surface area contributed by atoms with Crippen LogP contribution in [0.3, 0.4) is 0 Å². The minimum Gasteiger partial charge on any atom is -0.198 e. The van der Waals surface area contributed by atoms with E-state index < -0.39 is 0 Å². The average molecular weight is 210 g/mol. The van der Waals surface area contributed by atoms with Gasteiger partial charge in [-0.1, -0.05) is 30.3 Å². The van der Waals surface area contributed by atoms with E-state index in [9.17, 15) is 0 Å². The van der Waals surface area contributed by atoms with Gasteiger partial charge in [0, 0.05) is 11.8 Å². The Labute approximate surface area is 96.1 Å². The summed E-state index contributed by atoms with van der Waals surface area (Å²) < 4.78 is 0. The summed E-state index contributed by atoms with van der Waals surface area (Å²) in [5.41, 5.74) is 1.20. The molecule has 0 aliphatic heterocycles. The maximum Gasteiger partial charge on any atom is 0.0662 e. The third-order valence-electron chi connectivity index (χ3n) is 3.43. The topological polar surface area (TPSA) is 47.6 Å². The van der Waals surface area contributed by atoms with Gasteiger partial charge in [-0.2, -0.15) is 10.5 Å². The second-order valence-electron chi connectivity index (χ2n) is 4.39. The van der Waals surface area contributed by atoms with Gasteiger partial charge in [0.05, 0.1) is 18.1 Å². The molecule has 0 radical (unpaired) electrons. The minimum atomic E-state index is 0.0759. The molecule has 1 saturated carbocycles. The number of nitriles is 2. The Morgan fingerprint density at radius 1 is 1.00 bits per heavy atom. The van der Waals surface area contributed by atoms with Gasteiger partial charge in [-0.15, -0.1) is 0 Å². The Kier molecular flexibility index (Phi) is 3.22. The fourth-order valence-electron chi connectivity index (χ4n) is 2.51. The summed E-state index contributed by atoms with van der Waals surface area (Å²) in [4.78, 5) is 0. The highest BCUT2D eigenvalue weighted by atomic mass is 14.4. The number of benzene rings is 1. The summed E-state index contributed by atoms with van der Waals surface area (Å²) in [6.45, 7) is 0. The molecule has 2 heteroatoms. The van der Waals surface area contributed by atoms with E-state index in [0.29, 0.717) is 0 Å². The van der Waals surface area contributed by atoms with Gasteiger partial charge < -0.3 is 0 Å². The molecule has 1 aromatic rings. The number of hydrogen-bond donors (Lipinski definition) is 0. The highest BCUT2D eigenvalue weighted by molar-refractivity contribution is 5.23. The molecule has 1 aliphatic rings. The van der Waals surface area contributed by atoms with Gasteiger partial charge in [0.25, 0.3) is 0 Å². The first-order valence-electron chi connectivity index (χ1n) is 5.69. The highest BCUT2D eigenvalue weighted by Gasteiger charge is 2.31. The number of hydrogen-bond acceptors (Lipinski definition) is 2. The molecular formula is C14H14N2. The molecule has 3 atom stereocenters. The fraction of sp³-hybridized carbons (Fsp3) is 0.429. The molecule has 2 nitrogen and oxygen atoms in total. The first kappa shape index (κ1) is 10.7. The summed E-state index contributed by atoms with van der Waals surface area (Å²) in [7, 11) is 0. The molecule has 1 aromatic carbocycles. The van der Waals surface area contributed by atoms with Crippen LogP contribution in [-0.2, 0) is 0 Å². The van der Waals surface area contributed by atoms with Crippen molar-refractivity contribution in [3.8, 4) is 12.1 Å². The van der Waals surface area contributed by atoms with Crippen LogP contribution < -0.4 is 0 Å². The molecule has 0 bridgehead atoms. The Morgan fingerprint density at radius 3 is 2.38 bits per heavy atom. The van der Waals surface area contributed by atoms with Crippen molar-refractivity contribution in [1.82, 2.24) is 0 Å². The summed E-state index contributed by atoms with van der Waals surface area (Å²) in [5.74, 6) is 0.436. The largest absolute Gasteiger partial charge is 0.198 e. The van der Waals surface area contributed by atoms with E-state index in [1.807, 2.05) is 18.2 Å². The molecule has 0 spiro atoms. The third kappa shape index (κ3) is 2.07. The summed E-state index contributed by atoms with van der Waals surface area (Å²) >= 11 is 0. The van der Waals surface area contributed by atoms with Crippen LogP contribution in [0.5, 0.6) is 0 Å². The Balaban J connectivity index is 2.23. The van der Waals surface area contributed by atoms with Crippen molar-refractivity contribution >= 4 is 0 Å². The summed E-state index contributed by atoms with van der Waals surface area (Å²) in [6, 6.07) is 14.8. The molecule has 80 valence electrons. The maximum absolute atomic E-state index is 9.15. The zero-order chi connectivity index (χ0) is 11.4. The zero-order valence-electron chi connectivity index (χ0n) is 9.13. The SMILES string of the molecule is N#CC1CCC(C#N)C(c2ccccc2)C1. The van der Waals surface area contributed by atoms with Crippen LogP contribution >= 0.6 is 0 Å². The van der Waals surface area contributed by atoms with Crippen molar-refractivity contribution in [3.05, 3.63) is 35.9 Å². The predicted molar refractivity (Wildman–Crippen MR) is 61.2 cm³/mol. The maximum atomic E-state index is 9.15. The van der Waals surface area contributed by atoms with Crippen LogP contribution in [0.25, 0.3) is 0 Å².